The second-order valence-electron chi connectivity index (χ2n) is 6.28. The van der Waals surface area contributed by atoms with Crippen LogP contribution in [-0.2, 0) is 16.4 Å². The fourth-order valence-corrected chi connectivity index (χ4v) is 5.10. The van der Waals surface area contributed by atoms with Crippen molar-refractivity contribution in [2.75, 3.05) is 13.7 Å². The fraction of sp³-hybridized carbons (Fsp3) is 0.158. The zero-order valence-electron chi connectivity index (χ0n) is 15.7. The van der Waals surface area contributed by atoms with Crippen molar-refractivity contribution in [2.45, 2.75) is 11.3 Å². The average molecular weight is 467 g/mol. The molecule has 11 heteroatoms. The Hall–Kier alpha value is -2.53. The van der Waals surface area contributed by atoms with Crippen molar-refractivity contribution in [1.82, 2.24) is 19.3 Å². The molecule has 0 saturated carbocycles. The molecule has 0 bridgehead atoms. The first-order chi connectivity index (χ1) is 14.4. The number of sulfonamides is 1. The highest BCUT2D eigenvalue weighted by Gasteiger charge is 2.17. The number of nitrogens with zero attached hydrogens (tertiary/aromatic N) is 3. The molecular weight excluding hydrogens is 451 g/mol. The maximum Gasteiger partial charge on any atom is 0.240 e. The Bertz CT molecular complexity index is 1320. The summed E-state index contributed by atoms with van der Waals surface area (Å²) in [5.74, 6) is 0.283. The van der Waals surface area contributed by atoms with Crippen molar-refractivity contribution in [3.63, 3.8) is 0 Å². The molecule has 0 spiro atoms. The molecule has 0 aliphatic rings. The second kappa shape index (κ2) is 8.31. The third-order valence-corrected chi connectivity index (χ3v) is 6.99. The Morgan fingerprint density at radius 2 is 2.07 bits per heavy atom. The first-order valence-electron chi connectivity index (χ1n) is 8.80. The minimum absolute atomic E-state index is 0.0476. The van der Waals surface area contributed by atoms with Gasteiger partial charge < -0.3 is 4.74 Å². The molecule has 0 aliphatic carbocycles. The van der Waals surface area contributed by atoms with Crippen LogP contribution in [0.15, 0.2) is 52.7 Å². The minimum atomic E-state index is -3.74. The summed E-state index contributed by atoms with van der Waals surface area (Å²) in [6.07, 6.45) is 0.378. The normalized spacial score (nSPS) is 11.8. The van der Waals surface area contributed by atoms with E-state index in [9.17, 15) is 12.8 Å². The van der Waals surface area contributed by atoms with Gasteiger partial charge in [0.15, 0.2) is 5.82 Å². The molecule has 0 saturated heterocycles. The molecule has 7 nitrogen and oxygen atoms in total. The van der Waals surface area contributed by atoms with Gasteiger partial charge in [-0.05, 0) is 30.3 Å². The quantitative estimate of drug-likeness (QED) is 0.448. The number of ether oxygens (including phenoxy) is 1. The highest BCUT2D eigenvalue weighted by Crippen LogP contribution is 2.27. The van der Waals surface area contributed by atoms with Crippen LogP contribution < -0.4 is 9.46 Å². The van der Waals surface area contributed by atoms with Crippen LogP contribution in [0.4, 0.5) is 4.39 Å². The maximum absolute atomic E-state index is 14.0. The van der Waals surface area contributed by atoms with Gasteiger partial charge in [-0.3, -0.25) is 0 Å². The maximum atomic E-state index is 14.0. The van der Waals surface area contributed by atoms with Crippen LogP contribution in [-0.4, -0.2) is 36.7 Å². The first-order valence-corrected chi connectivity index (χ1v) is 11.5. The summed E-state index contributed by atoms with van der Waals surface area (Å²) in [4.78, 5) is 5.01. The van der Waals surface area contributed by atoms with Crippen LogP contribution in [0.3, 0.4) is 0 Å². The number of hydrogen-bond donors (Lipinski definition) is 1. The average Bonchev–Trinajstić information content (AvgIpc) is 3.30. The van der Waals surface area contributed by atoms with Gasteiger partial charge in [0, 0.05) is 18.3 Å². The Labute approximate surface area is 181 Å². The predicted molar refractivity (Wildman–Crippen MR) is 113 cm³/mol. The lowest BCUT2D eigenvalue weighted by molar-refractivity contribution is 0.414. The Kier molecular flexibility index (Phi) is 5.74. The number of hydrogen-bond acceptors (Lipinski definition) is 6. The van der Waals surface area contributed by atoms with Crippen LogP contribution in [0.2, 0.25) is 5.02 Å². The van der Waals surface area contributed by atoms with Gasteiger partial charge in [-0.15, -0.1) is 16.4 Å². The number of fused-ring (bicyclic) bond motifs is 1. The highest BCUT2D eigenvalue weighted by atomic mass is 35.5. The van der Waals surface area contributed by atoms with Crippen molar-refractivity contribution < 1.29 is 17.5 Å². The number of aromatic nitrogens is 3. The lowest BCUT2D eigenvalue weighted by atomic mass is 10.2. The van der Waals surface area contributed by atoms with Crippen molar-refractivity contribution in [3.05, 3.63) is 64.4 Å². The summed E-state index contributed by atoms with van der Waals surface area (Å²) < 4.78 is 48.2. The zero-order valence-corrected chi connectivity index (χ0v) is 18.1. The largest absolute Gasteiger partial charge is 0.495 e. The summed E-state index contributed by atoms with van der Waals surface area (Å²) in [5.41, 5.74) is 1.08. The molecule has 2 aromatic heterocycles. The molecule has 0 radical (unpaired) electrons. The third kappa shape index (κ3) is 4.04. The summed E-state index contributed by atoms with van der Waals surface area (Å²) in [6, 6.07) is 10.5. The number of halogens is 2. The number of nitrogens with one attached hydrogen (secondary N) is 1. The van der Waals surface area contributed by atoms with E-state index in [1.165, 1.54) is 42.7 Å². The molecule has 0 aliphatic heterocycles. The third-order valence-electron chi connectivity index (χ3n) is 4.37. The van der Waals surface area contributed by atoms with Crippen molar-refractivity contribution >= 4 is 37.9 Å². The van der Waals surface area contributed by atoms with Crippen molar-refractivity contribution in [3.8, 4) is 17.1 Å². The van der Waals surface area contributed by atoms with E-state index in [0.717, 1.165) is 5.69 Å². The lowest BCUT2D eigenvalue weighted by Gasteiger charge is -2.08. The van der Waals surface area contributed by atoms with E-state index in [4.69, 9.17) is 16.3 Å². The number of rotatable bonds is 7. The second-order valence-corrected chi connectivity index (χ2v) is 9.29. The van der Waals surface area contributed by atoms with E-state index in [1.54, 1.807) is 22.7 Å². The lowest BCUT2D eigenvalue weighted by Crippen LogP contribution is -2.26. The molecule has 1 N–H and O–H groups in total. The molecule has 4 aromatic rings. The van der Waals surface area contributed by atoms with Gasteiger partial charge in [-0.25, -0.2) is 22.0 Å². The highest BCUT2D eigenvalue weighted by molar-refractivity contribution is 7.89. The van der Waals surface area contributed by atoms with E-state index < -0.39 is 15.8 Å². The minimum Gasteiger partial charge on any atom is -0.495 e. The van der Waals surface area contributed by atoms with Gasteiger partial charge in [-0.2, -0.15) is 4.98 Å². The van der Waals surface area contributed by atoms with Gasteiger partial charge in [0.25, 0.3) is 0 Å². The molecule has 2 heterocycles. The van der Waals surface area contributed by atoms with Gasteiger partial charge in [0.2, 0.25) is 15.0 Å². The monoisotopic (exact) mass is 466 g/mol. The first kappa shape index (κ1) is 20.7. The Morgan fingerprint density at radius 3 is 2.80 bits per heavy atom. The van der Waals surface area contributed by atoms with E-state index in [1.807, 2.05) is 5.38 Å². The number of thiazole rings is 1. The van der Waals surface area contributed by atoms with E-state index >= 15 is 0 Å². The summed E-state index contributed by atoms with van der Waals surface area (Å²) in [5, 5.41) is 6.43. The smallest absolute Gasteiger partial charge is 0.240 e. The fourth-order valence-electron chi connectivity index (χ4n) is 2.86. The van der Waals surface area contributed by atoms with Crippen LogP contribution in [0, 0.1) is 5.82 Å². The standard InChI is InChI=1S/C19H16ClFN4O3S2/c1-28-17-7-6-13(10-15(17)20)30(26,27)22-9-8-12-11-29-19-23-18(24-25(12)19)14-4-2-3-5-16(14)21/h2-7,10-11,22H,8-9H2,1H3. The van der Waals surface area contributed by atoms with Gasteiger partial charge in [0.1, 0.15) is 11.6 Å². The summed E-state index contributed by atoms with van der Waals surface area (Å²) >= 11 is 7.37. The van der Waals surface area contributed by atoms with E-state index in [-0.39, 0.29) is 22.3 Å². The van der Waals surface area contributed by atoms with Gasteiger partial charge >= 0.3 is 0 Å². The molecule has 0 amide bonds. The van der Waals surface area contributed by atoms with Crippen molar-refractivity contribution in [1.29, 1.82) is 0 Å². The summed E-state index contributed by atoms with van der Waals surface area (Å²) in [7, 11) is -2.28. The van der Waals surface area contributed by atoms with Crippen LogP contribution >= 0.6 is 22.9 Å². The molecular formula is C19H16ClFN4O3S2. The summed E-state index contributed by atoms with van der Waals surface area (Å²) in [6.45, 7) is 0.146. The molecule has 4 rings (SSSR count). The van der Waals surface area contributed by atoms with Crippen LogP contribution in [0.25, 0.3) is 16.3 Å². The van der Waals surface area contributed by atoms with Gasteiger partial charge in [-0.1, -0.05) is 23.7 Å². The molecule has 2 aromatic carbocycles. The Balaban J connectivity index is 1.49. The number of benzene rings is 2. The van der Waals surface area contributed by atoms with Gasteiger partial charge in [0.05, 0.1) is 28.3 Å². The zero-order chi connectivity index (χ0) is 21.3. The van der Waals surface area contributed by atoms with Crippen LogP contribution in [0.5, 0.6) is 5.75 Å². The number of methoxy groups -OCH3 is 1. The molecule has 0 fully saturated rings. The molecule has 156 valence electrons. The Morgan fingerprint density at radius 1 is 1.27 bits per heavy atom. The van der Waals surface area contributed by atoms with E-state index in [2.05, 4.69) is 14.8 Å². The predicted octanol–water partition coefficient (Wildman–Crippen LogP) is 3.78. The van der Waals surface area contributed by atoms with Crippen LogP contribution in [0.1, 0.15) is 5.69 Å². The molecule has 0 unspecified atom stereocenters. The topological polar surface area (TPSA) is 85.6 Å². The SMILES string of the molecule is COc1ccc(S(=O)(=O)NCCc2csc3nc(-c4ccccc4F)nn23)cc1Cl. The molecule has 0 atom stereocenters. The molecule has 30 heavy (non-hydrogen) atoms. The van der Waals surface area contributed by atoms with Crippen molar-refractivity contribution in [2.24, 2.45) is 0 Å². The van der Waals surface area contributed by atoms with E-state index in [0.29, 0.717) is 22.7 Å².